The van der Waals surface area contributed by atoms with Crippen LogP contribution in [-0.4, -0.2) is 26.5 Å². The number of amides is 1. The summed E-state index contributed by atoms with van der Waals surface area (Å²) in [5, 5.41) is 3.58. The van der Waals surface area contributed by atoms with Gasteiger partial charge in [0, 0.05) is 22.8 Å². The number of Topliss-reactive ketones (excluding diaryl/α,β-unsaturated/α-hetero) is 1. The molecule has 30 heavy (non-hydrogen) atoms. The molecule has 3 rings (SSSR count). The van der Waals surface area contributed by atoms with Crippen molar-refractivity contribution in [1.82, 2.24) is 9.55 Å². The average Bonchev–Trinajstić information content (AvgIpc) is 2.71. The van der Waals surface area contributed by atoms with Crippen molar-refractivity contribution in [1.29, 1.82) is 0 Å². The van der Waals surface area contributed by atoms with Crippen LogP contribution in [-0.2, 0) is 11.3 Å². The Morgan fingerprint density at radius 1 is 1.27 bits per heavy atom. The van der Waals surface area contributed by atoms with Crippen molar-refractivity contribution in [2.45, 2.75) is 30.8 Å². The Bertz CT molecular complexity index is 1190. The molecule has 0 saturated heterocycles. The fourth-order valence-corrected chi connectivity index (χ4v) is 3.89. The number of fused-ring (bicyclic) bond motifs is 1. The molecular weight excluding hydrogens is 422 g/mol. The van der Waals surface area contributed by atoms with Gasteiger partial charge in [-0.2, -0.15) is 0 Å². The van der Waals surface area contributed by atoms with Crippen LogP contribution in [0.5, 0.6) is 0 Å². The van der Waals surface area contributed by atoms with Gasteiger partial charge in [0.15, 0.2) is 10.9 Å². The van der Waals surface area contributed by atoms with E-state index in [0.717, 1.165) is 0 Å². The van der Waals surface area contributed by atoms with E-state index in [1.165, 1.54) is 23.3 Å². The molecule has 154 valence electrons. The van der Waals surface area contributed by atoms with Crippen LogP contribution in [0.1, 0.15) is 24.2 Å². The predicted molar refractivity (Wildman–Crippen MR) is 122 cm³/mol. The zero-order valence-corrected chi connectivity index (χ0v) is 18.1. The summed E-state index contributed by atoms with van der Waals surface area (Å²) in [6, 6.07) is 11.6. The van der Waals surface area contributed by atoms with Gasteiger partial charge in [-0.05, 0) is 56.3 Å². The molecule has 8 heteroatoms. The van der Waals surface area contributed by atoms with E-state index in [4.69, 9.17) is 11.6 Å². The molecule has 0 unspecified atom stereocenters. The van der Waals surface area contributed by atoms with Crippen molar-refractivity contribution in [3.05, 3.63) is 76.1 Å². The number of thioether (sulfide) groups is 1. The van der Waals surface area contributed by atoms with E-state index < -0.39 is 5.25 Å². The Morgan fingerprint density at radius 3 is 2.60 bits per heavy atom. The quantitative estimate of drug-likeness (QED) is 0.251. The number of ketones is 1. The molecule has 0 aliphatic heterocycles. The summed E-state index contributed by atoms with van der Waals surface area (Å²) < 4.78 is 1.47. The van der Waals surface area contributed by atoms with Crippen molar-refractivity contribution in [2.24, 2.45) is 0 Å². The van der Waals surface area contributed by atoms with Gasteiger partial charge in [0.25, 0.3) is 5.56 Å². The highest BCUT2D eigenvalue weighted by Gasteiger charge is 2.19. The lowest BCUT2D eigenvalue weighted by molar-refractivity contribution is -0.115. The maximum atomic E-state index is 12.9. The highest BCUT2D eigenvalue weighted by molar-refractivity contribution is 8.00. The number of hydrogen-bond donors (Lipinski definition) is 1. The molecule has 6 nitrogen and oxygen atoms in total. The molecule has 1 amide bonds. The Kier molecular flexibility index (Phi) is 6.74. The number of benzene rings is 2. The number of carbonyl (C=O) groups is 2. The monoisotopic (exact) mass is 441 g/mol. The van der Waals surface area contributed by atoms with Gasteiger partial charge >= 0.3 is 0 Å². The van der Waals surface area contributed by atoms with E-state index in [9.17, 15) is 14.4 Å². The second-order valence-electron chi connectivity index (χ2n) is 6.64. The lowest BCUT2D eigenvalue weighted by Gasteiger charge is -2.15. The van der Waals surface area contributed by atoms with Gasteiger partial charge in [0.05, 0.1) is 16.2 Å². The van der Waals surface area contributed by atoms with Crippen molar-refractivity contribution >= 4 is 51.6 Å². The van der Waals surface area contributed by atoms with Crippen LogP contribution in [0.3, 0.4) is 0 Å². The molecule has 0 fully saturated rings. The third kappa shape index (κ3) is 4.80. The van der Waals surface area contributed by atoms with E-state index in [2.05, 4.69) is 16.9 Å². The molecule has 1 N–H and O–H groups in total. The van der Waals surface area contributed by atoms with Gasteiger partial charge in [0.2, 0.25) is 5.91 Å². The fourth-order valence-electron chi connectivity index (χ4n) is 2.80. The summed E-state index contributed by atoms with van der Waals surface area (Å²) >= 11 is 7.20. The molecule has 2 aromatic carbocycles. The van der Waals surface area contributed by atoms with Crippen molar-refractivity contribution in [3.8, 4) is 0 Å². The van der Waals surface area contributed by atoms with Crippen molar-refractivity contribution < 1.29 is 9.59 Å². The van der Waals surface area contributed by atoms with Crippen LogP contribution in [0.25, 0.3) is 10.9 Å². The van der Waals surface area contributed by atoms with Crippen LogP contribution in [0, 0.1) is 0 Å². The summed E-state index contributed by atoms with van der Waals surface area (Å²) in [6.45, 7) is 7.18. The van der Waals surface area contributed by atoms with Crippen molar-refractivity contribution in [2.75, 3.05) is 5.32 Å². The minimum atomic E-state index is -0.523. The molecule has 1 atom stereocenters. The summed E-state index contributed by atoms with van der Waals surface area (Å²) in [5.41, 5.74) is 1.43. The van der Waals surface area contributed by atoms with E-state index in [1.54, 1.807) is 55.5 Å². The molecular formula is C22H20ClN3O3S. The molecule has 1 aromatic heterocycles. The van der Waals surface area contributed by atoms with Crippen LogP contribution in [0.4, 0.5) is 5.69 Å². The number of nitrogens with zero attached hydrogens (tertiary/aromatic N) is 2. The van der Waals surface area contributed by atoms with Gasteiger partial charge < -0.3 is 5.32 Å². The highest BCUT2D eigenvalue weighted by Crippen LogP contribution is 2.25. The fraction of sp³-hybridized carbons (Fsp3) is 0.182. The first-order chi connectivity index (χ1) is 14.3. The Hall–Kier alpha value is -2.90. The Morgan fingerprint density at radius 2 is 1.97 bits per heavy atom. The summed E-state index contributed by atoms with van der Waals surface area (Å²) in [7, 11) is 0. The lowest BCUT2D eigenvalue weighted by Crippen LogP contribution is -2.26. The summed E-state index contributed by atoms with van der Waals surface area (Å²) in [4.78, 5) is 41.5. The maximum Gasteiger partial charge on any atom is 0.262 e. The number of halogens is 1. The minimum Gasteiger partial charge on any atom is -0.325 e. The first-order valence-electron chi connectivity index (χ1n) is 9.19. The van der Waals surface area contributed by atoms with Crippen LogP contribution in [0.15, 0.2) is 65.1 Å². The van der Waals surface area contributed by atoms with Gasteiger partial charge in [-0.15, -0.1) is 6.58 Å². The van der Waals surface area contributed by atoms with Crippen molar-refractivity contribution in [3.63, 3.8) is 0 Å². The highest BCUT2D eigenvalue weighted by atomic mass is 35.5. The summed E-state index contributed by atoms with van der Waals surface area (Å²) in [5.74, 6) is -0.285. The Labute approximate surface area is 183 Å². The normalized spacial score (nSPS) is 11.8. The molecule has 3 aromatic rings. The largest absolute Gasteiger partial charge is 0.325 e. The molecule has 0 spiro atoms. The molecule has 0 aliphatic carbocycles. The number of nitrogens with one attached hydrogen (secondary N) is 1. The SMILES string of the molecule is C=CCn1c(S[C@H](C)C(=O)Nc2ccc(C(C)=O)cc2)nc2ccc(Cl)cc2c1=O. The van der Waals surface area contributed by atoms with Gasteiger partial charge in [-0.3, -0.25) is 19.0 Å². The number of allylic oxidation sites excluding steroid dienone is 1. The zero-order valence-electron chi connectivity index (χ0n) is 16.5. The van der Waals surface area contributed by atoms with Gasteiger partial charge in [-0.25, -0.2) is 4.98 Å². The number of hydrogen-bond acceptors (Lipinski definition) is 5. The molecule has 0 saturated carbocycles. The standard InChI is InChI=1S/C22H20ClN3O3S/c1-4-11-26-21(29)18-12-16(23)7-10-19(18)25-22(26)30-14(3)20(28)24-17-8-5-15(6-9-17)13(2)27/h4-10,12,14H,1,11H2,2-3H3,(H,24,28)/t14-/m1/s1. The third-order valence-corrected chi connectivity index (χ3v) is 5.73. The predicted octanol–water partition coefficient (Wildman–Crippen LogP) is 4.56. The number of aromatic nitrogens is 2. The van der Waals surface area contributed by atoms with Gasteiger partial charge in [-0.1, -0.05) is 29.4 Å². The third-order valence-electron chi connectivity index (χ3n) is 4.40. The van der Waals surface area contributed by atoms with E-state index in [1.807, 2.05) is 0 Å². The second kappa shape index (κ2) is 9.28. The van der Waals surface area contributed by atoms with E-state index in [0.29, 0.717) is 32.3 Å². The maximum absolute atomic E-state index is 12.9. The topological polar surface area (TPSA) is 81.1 Å². The van der Waals surface area contributed by atoms with Crippen LogP contribution < -0.4 is 10.9 Å². The minimum absolute atomic E-state index is 0.0411. The first kappa shape index (κ1) is 21.8. The van der Waals surface area contributed by atoms with Gasteiger partial charge in [0.1, 0.15) is 0 Å². The van der Waals surface area contributed by atoms with E-state index in [-0.39, 0.29) is 23.8 Å². The van der Waals surface area contributed by atoms with Crippen LogP contribution >= 0.6 is 23.4 Å². The molecule has 0 bridgehead atoms. The Balaban J connectivity index is 1.85. The second-order valence-corrected chi connectivity index (χ2v) is 8.39. The summed E-state index contributed by atoms with van der Waals surface area (Å²) in [6.07, 6.45) is 1.60. The van der Waals surface area contributed by atoms with Crippen LogP contribution in [0.2, 0.25) is 5.02 Å². The number of rotatable bonds is 7. The molecule has 1 heterocycles. The lowest BCUT2D eigenvalue weighted by atomic mass is 10.1. The average molecular weight is 442 g/mol. The number of carbonyl (C=O) groups excluding carboxylic acids is 2. The first-order valence-corrected chi connectivity index (χ1v) is 10.5. The van der Waals surface area contributed by atoms with E-state index >= 15 is 0 Å². The molecule has 0 radical (unpaired) electrons. The molecule has 0 aliphatic rings. The zero-order chi connectivity index (χ0) is 21.8. The number of anilines is 1. The smallest absolute Gasteiger partial charge is 0.262 e.